The van der Waals surface area contributed by atoms with Crippen LogP contribution in [0.4, 0.5) is 4.39 Å². The highest BCUT2D eigenvalue weighted by Gasteiger charge is 2.41. The molecule has 1 amide bonds. The van der Waals surface area contributed by atoms with Gasteiger partial charge in [0, 0.05) is 17.7 Å². The Morgan fingerprint density at radius 2 is 1.80 bits per heavy atom. The third kappa shape index (κ3) is 4.74. The van der Waals surface area contributed by atoms with Crippen LogP contribution in [-0.4, -0.2) is 32.6 Å². The summed E-state index contributed by atoms with van der Waals surface area (Å²) in [5.74, 6) is 0.350. The Morgan fingerprint density at radius 3 is 2.51 bits per heavy atom. The van der Waals surface area contributed by atoms with Crippen LogP contribution in [0.15, 0.2) is 42.5 Å². The number of hydrogen-bond donors (Lipinski definition) is 2. The maximum absolute atomic E-state index is 13.7. The van der Waals surface area contributed by atoms with Crippen LogP contribution in [0.3, 0.4) is 0 Å². The van der Waals surface area contributed by atoms with Crippen molar-refractivity contribution < 1.29 is 14.3 Å². The molecule has 2 aliphatic carbocycles. The van der Waals surface area contributed by atoms with E-state index in [9.17, 15) is 14.3 Å². The molecule has 2 aliphatic rings. The lowest BCUT2D eigenvalue weighted by atomic mass is 9.86. The molecule has 2 saturated carbocycles. The smallest absolute Gasteiger partial charge is 0.318 e. The van der Waals surface area contributed by atoms with Crippen LogP contribution in [0.5, 0.6) is 6.01 Å². The number of hydrogen-bond acceptors (Lipinski definition) is 5. The van der Waals surface area contributed by atoms with Gasteiger partial charge >= 0.3 is 6.01 Å². The van der Waals surface area contributed by atoms with Gasteiger partial charge in [0.15, 0.2) is 11.6 Å². The van der Waals surface area contributed by atoms with Gasteiger partial charge in [0.2, 0.25) is 5.91 Å². The largest absolute Gasteiger partial charge is 0.479 e. The molecule has 2 fully saturated rings. The van der Waals surface area contributed by atoms with E-state index in [1.807, 2.05) is 12.1 Å². The van der Waals surface area contributed by atoms with Crippen LogP contribution in [-0.2, 0) is 16.8 Å². The predicted molar refractivity (Wildman–Crippen MR) is 133 cm³/mol. The molecule has 0 radical (unpaired) electrons. The van der Waals surface area contributed by atoms with Gasteiger partial charge in [-0.1, -0.05) is 55.6 Å². The number of aromatic hydroxyl groups is 1. The molecule has 0 unspecified atom stereocenters. The molecule has 2 aromatic carbocycles. The topological polar surface area (TPSA) is 88.0 Å². The molecule has 2 N–H and O–H groups in total. The summed E-state index contributed by atoms with van der Waals surface area (Å²) < 4.78 is 13.7. The lowest BCUT2D eigenvalue weighted by Gasteiger charge is -2.24. The summed E-state index contributed by atoms with van der Waals surface area (Å²) in [6.07, 6.45) is 5.19. The number of amides is 1. The zero-order valence-electron chi connectivity index (χ0n) is 19.7. The molecule has 0 spiro atoms. The van der Waals surface area contributed by atoms with Crippen molar-refractivity contribution in [2.75, 3.05) is 6.67 Å². The van der Waals surface area contributed by atoms with E-state index in [0.29, 0.717) is 29.3 Å². The van der Waals surface area contributed by atoms with Crippen molar-refractivity contribution in [3.05, 3.63) is 58.6 Å². The maximum atomic E-state index is 13.7. The average Bonchev–Trinajstić information content (AvgIpc) is 3.43. The quantitative estimate of drug-likeness (QED) is 0.436. The minimum absolute atomic E-state index is 0.190. The zero-order chi connectivity index (χ0) is 24.6. The lowest BCUT2D eigenvalue weighted by molar-refractivity contribution is -0.131. The van der Waals surface area contributed by atoms with E-state index >= 15 is 0 Å². The number of carbonyl (C=O) groups excluding carboxylic acids is 1. The van der Waals surface area contributed by atoms with Gasteiger partial charge in [0.1, 0.15) is 6.67 Å². The molecule has 0 saturated heterocycles. The maximum Gasteiger partial charge on any atom is 0.318 e. The monoisotopic (exact) mass is 494 g/mol. The third-order valence-corrected chi connectivity index (χ3v) is 7.79. The van der Waals surface area contributed by atoms with E-state index in [2.05, 4.69) is 39.3 Å². The Balaban J connectivity index is 1.41. The van der Waals surface area contributed by atoms with E-state index in [-0.39, 0.29) is 23.7 Å². The van der Waals surface area contributed by atoms with Gasteiger partial charge in [0.05, 0.1) is 10.4 Å². The first kappa shape index (κ1) is 23.7. The minimum Gasteiger partial charge on any atom is -0.479 e. The number of halogens is 2. The summed E-state index contributed by atoms with van der Waals surface area (Å²) in [6.45, 7) is 1.82. The van der Waals surface area contributed by atoms with Crippen molar-refractivity contribution in [1.82, 2.24) is 20.3 Å². The lowest BCUT2D eigenvalue weighted by Crippen LogP contribution is -2.40. The van der Waals surface area contributed by atoms with Gasteiger partial charge in [-0.2, -0.15) is 9.97 Å². The number of alkyl halides is 1. The fourth-order valence-electron chi connectivity index (χ4n) is 4.82. The summed E-state index contributed by atoms with van der Waals surface area (Å²) in [5, 5.41) is 13.6. The highest BCUT2D eigenvalue weighted by atomic mass is 35.5. The van der Waals surface area contributed by atoms with Crippen molar-refractivity contribution in [1.29, 1.82) is 0 Å². The molecule has 35 heavy (non-hydrogen) atoms. The van der Waals surface area contributed by atoms with Gasteiger partial charge in [-0.25, -0.2) is 9.37 Å². The van der Waals surface area contributed by atoms with Crippen LogP contribution in [0.2, 0.25) is 5.02 Å². The van der Waals surface area contributed by atoms with E-state index in [1.54, 1.807) is 18.2 Å². The fraction of sp³-hybridized carbons (Fsp3) is 0.407. The highest BCUT2D eigenvalue weighted by molar-refractivity contribution is 6.33. The molecule has 1 aromatic heterocycles. The molecule has 5 rings (SSSR count). The Bertz CT molecular complexity index is 1270. The summed E-state index contributed by atoms with van der Waals surface area (Å²) >= 11 is 6.47. The number of nitrogens with one attached hydrogen (secondary N) is 1. The highest BCUT2D eigenvalue weighted by Crippen LogP contribution is 2.48. The second-order valence-corrected chi connectivity index (χ2v) is 10.4. The first-order valence-electron chi connectivity index (χ1n) is 12.0. The summed E-state index contributed by atoms with van der Waals surface area (Å²) in [6, 6.07) is 12.9. The number of aromatic nitrogens is 3. The van der Waals surface area contributed by atoms with Crippen LogP contribution in [0.25, 0.3) is 22.8 Å². The van der Waals surface area contributed by atoms with Gasteiger partial charge < -0.3 is 10.4 Å². The second kappa shape index (κ2) is 9.19. The standard InChI is InChI=1S/C27H28ClFN4O2/c1-26(11-12-26)19-6-4-5-18(14-19)22-31-23(33-25(35)32-22)20-13-17(7-8-21(20)28)15-30-24(34)27(16-29)9-2-3-10-27/h4-8,13-14H,2-3,9-12,15-16H2,1H3,(H,30,34)(H,31,32,33,35). The average molecular weight is 495 g/mol. The van der Waals surface area contributed by atoms with Gasteiger partial charge in [-0.05, 0) is 60.4 Å². The third-order valence-electron chi connectivity index (χ3n) is 7.46. The van der Waals surface area contributed by atoms with Gasteiger partial charge in [0.25, 0.3) is 0 Å². The van der Waals surface area contributed by atoms with Crippen LogP contribution in [0, 0.1) is 5.41 Å². The normalized spacial score (nSPS) is 17.8. The first-order chi connectivity index (χ1) is 16.8. The van der Waals surface area contributed by atoms with Crippen LogP contribution in [0.1, 0.15) is 56.6 Å². The SMILES string of the molecule is CC1(c2cccc(-c3nc(O)nc(-c4cc(CNC(=O)C5(CF)CCCC5)ccc4Cl)n3)c2)CC1. The number of benzene rings is 2. The van der Waals surface area contributed by atoms with E-state index in [4.69, 9.17) is 11.6 Å². The Kier molecular flexibility index (Phi) is 6.21. The zero-order valence-corrected chi connectivity index (χ0v) is 20.4. The van der Waals surface area contributed by atoms with Gasteiger partial charge in [-0.3, -0.25) is 4.79 Å². The Hall–Kier alpha value is -3.06. The van der Waals surface area contributed by atoms with Crippen LogP contribution < -0.4 is 5.32 Å². The first-order valence-corrected chi connectivity index (χ1v) is 12.4. The summed E-state index contributed by atoms with van der Waals surface area (Å²) in [7, 11) is 0. The van der Waals surface area contributed by atoms with Crippen molar-refractivity contribution in [2.45, 2.75) is 57.4 Å². The van der Waals surface area contributed by atoms with Crippen molar-refractivity contribution in [3.63, 3.8) is 0 Å². The van der Waals surface area contributed by atoms with Gasteiger partial charge in [-0.15, -0.1) is 0 Å². The van der Waals surface area contributed by atoms with Crippen molar-refractivity contribution in [2.24, 2.45) is 5.41 Å². The molecule has 1 heterocycles. The number of carbonyl (C=O) groups is 1. The second-order valence-electron chi connectivity index (χ2n) is 10.0. The molecule has 0 aliphatic heterocycles. The molecule has 8 heteroatoms. The Labute approximate surface area is 209 Å². The molecule has 6 nitrogen and oxygen atoms in total. The molecule has 0 atom stereocenters. The Morgan fingerprint density at radius 1 is 1.06 bits per heavy atom. The molecule has 0 bridgehead atoms. The summed E-state index contributed by atoms with van der Waals surface area (Å²) in [5.41, 5.74) is 2.59. The molecule has 182 valence electrons. The fourth-order valence-corrected chi connectivity index (χ4v) is 5.02. The van der Waals surface area contributed by atoms with E-state index in [1.165, 1.54) is 5.56 Å². The van der Waals surface area contributed by atoms with E-state index < -0.39 is 18.1 Å². The van der Waals surface area contributed by atoms with Crippen molar-refractivity contribution in [3.8, 4) is 28.8 Å². The summed E-state index contributed by atoms with van der Waals surface area (Å²) in [4.78, 5) is 25.6. The van der Waals surface area contributed by atoms with Crippen molar-refractivity contribution >= 4 is 17.5 Å². The predicted octanol–water partition coefficient (Wildman–Crippen LogP) is 5.76. The van der Waals surface area contributed by atoms with E-state index in [0.717, 1.165) is 36.8 Å². The number of nitrogens with zero attached hydrogens (tertiary/aromatic N) is 3. The molecular formula is C27H28ClFN4O2. The number of rotatable bonds is 7. The minimum atomic E-state index is -0.907. The van der Waals surface area contributed by atoms with Crippen LogP contribution >= 0.6 is 11.6 Å². The molecule has 3 aromatic rings. The molecular weight excluding hydrogens is 467 g/mol.